The van der Waals surface area contributed by atoms with Gasteiger partial charge in [-0.2, -0.15) is 0 Å². The average Bonchev–Trinajstić information content (AvgIpc) is 2.52. The molecule has 1 aromatic heterocycles. The Labute approximate surface area is 96.6 Å². The highest BCUT2D eigenvalue weighted by molar-refractivity contribution is 7.91. The summed E-state index contributed by atoms with van der Waals surface area (Å²) in [6.07, 6.45) is 3.45. The monoisotopic (exact) mass is 242 g/mol. The third-order valence-corrected chi connectivity index (χ3v) is 5.09. The van der Waals surface area contributed by atoms with Gasteiger partial charge in [0.2, 0.25) is 0 Å². The predicted molar refractivity (Wildman–Crippen MR) is 63.1 cm³/mol. The molecule has 0 N–H and O–H groups in total. The van der Waals surface area contributed by atoms with Crippen LogP contribution in [-0.4, -0.2) is 29.5 Å². The van der Waals surface area contributed by atoms with Crippen molar-refractivity contribution in [1.82, 2.24) is 9.55 Å². The second-order valence-corrected chi connectivity index (χ2v) is 6.96. The number of hydrogen-bond acceptors (Lipinski definition) is 3. The lowest BCUT2D eigenvalue weighted by atomic mass is 10.0. The normalized spacial score (nSPS) is 21.1. The van der Waals surface area contributed by atoms with Crippen molar-refractivity contribution in [3.63, 3.8) is 0 Å². The molecule has 1 aromatic rings. The Kier molecular flexibility index (Phi) is 3.06. The fourth-order valence-corrected chi connectivity index (χ4v) is 3.83. The first kappa shape index (κ1) is 11.6. The van der Waals surface area contributed by atoms with E-state index in [0.29, 0.717) is 17.4 Å². The minimum Gasteiger partial charge on any atom is -0.332 e. The smallest absolute Gasteiger partial charge is 0.150 e. The number of hydrogen-bond donors (Lipinski definition) is 0. The zero-order valence-electron chi connectivity index (χ0n) is 9.81. The highest BCUT2D eigenvalue weighted by Crippen LogP contribution is 2.21. The summed E-state index contributed by atoms with van der Waals surface area (Å²) in [5.74, 6) is 2.20. The van der Waals surface area contributed by atoms with E-state index in [0.717, 1.165) is 30.9 Å². The summed E-state index contributed by atoms with van der Waals surface area (Å²) < 4.78 is 24.8. The van der Waals surface area contributed by atoms with E-state index in [-0.39, 0.29) is 0 Å². The third-order valence-electron chi connectivity index (χ3n) is 3.37. The Hall–Kier alpha value is -0.840. The van der Waals surface area contributed by atoms with Crippen molar-refractivity contribution in [2.75, 3.05) is 11.5 Å². The molecule has 16 heavy (non-hydrogen) atoms. The summed E-state index contributed by atoms with van der Waals surface area (Å²) in [6, 6.07) is 0. The molecule has 0 aromatic carbocycles. The summed E-state index contributed by atoms with van der Waals surface area (Å²) in [7, 11) is -2.74. The molecule has 90 valence electrons. The quantitative estimate of drug-likeness (QED) is 0.786. The first-order valence-corrected chi connectivity index (χ1v) is 7.49. The molecule has 0 atom stereocenters. The van der Waals surface area contributed by atoms with Crippen LogP contribution < -0.4 is 0 Å². The van der Waals surface area contributed by atoms with Crippen molar-refractivity contribution in [2.24, 2.45) is 5.92 Å². The fraction of sp³-hybridized carbons (Fsp3) is 0.727. The number of rotatable bonds is 2. The maximum absolute atomic E-state index is 11.3. The number of nitrogens with zero attached hydrogens (tertiary/aromatic N) is 2. The standard InChI is InChI=1S/C11H18N2O2S/c1-9-7-12-10(2)13(9)8-11-3-5-16(14,15)6-4-11/h7,11H,3-6,8H2,1-2H3. The lowest BCUT2D eigenvalue weighted by molar-refractivity contribution is 0.396. The fourth-order valence-electron chi connectivity index (χ4n) is 2.24. The van der Waals surface area contributed by atoms with Crippen molar-refractivity contribution in [2.45, 2.75) is 33.2 Å². The third kappa shape index (κ3) is 2.45. The van der Waals surface area contributed by atoms with E-state index in [9.17, 15) is 8.42 Å². The van der Waals surface area contributed by atoms with E-state index < -0.39 is 9.84 Å². The van der Waals surface area contributed by atoms with E-state index in [4.69, 9.17) is 0 Å². The van der Waals surface area contributed by atoms with Gasteiger partial charge in [0.05, 0.1) is 11.5 Å². The van der Waals surface area contributed by atoms with Crippen LogP contribution in [0.1, 0.15) is 24.4 Å². The van der Waals surface area contributed by atoms with Crippen molar-refractivity contribution < 1.29 is 8.42 Å². The molecule has 0 bridgehead atoms. The number of sulfone groups is 1. The first-order valence-electron chi connectivity index (χ1n) is 5.67. The maximum Gasteiger partial charge on any atom is 0.150 e. The molecule has 1 saturated heterocycles. The van der Waals surface area contributed by atoms with Crippen LogP contribution in [-0.2, 0) is 16.4 Å². The Morgan fingerprint density at radius 3 is 2.50 bits per heavy atom. The molecule has 1 aliphatic heterocycles. The topological polar surface area (TPSA) is 52.0 Å². The van der Waals surface area contributed by atoms with E-state index >= 15 is 0 Å². The molecular weight excluding hydrogens is 224 g/mol. The van der Waals surface area contributed by atoms with Crippen molar-refractivity contribution >= 4 is 9.84 Å². The highest BCUT2D eigenvalue weighted by atomic mass is 32.2. The van der Waals surface area contributed by atoms with Gasteiger partial charge in [-0.1, -0.05) is 0 Å². The summed E-state index contributed by atoms with van der Waals surface area (Å²) >= 11 is 0. The van der Waals surface area contributed by atoms with E-state index in [1.54, 1.807) is 0 Å². The predicted octanol–water partition coefficient (Wildman–Crippen LogP) is 1.32. The number of aromatic nitrogens is 2. The van der Waals surface area contributed by atoms with Crippen LogP contribution in [0.5, 0.6) is 0 Å². The van der Waals surface area contributed by atoms with Crippen LogP contribution in [0.25, 0.3) is 0 Å². The molecule has 0 unspecified atom stereocenters. The second-order valence-electron chi connectivity index (χ2n) is 4.65. The molecule has 5 heteroatoms. The molecule has 0 radical (unpaired) electrons. The maximum atomic E-state index is 11.3. The summed E-state index contributed by atoms with van der Waals surface area (Å²) in [4.78, 5) is 4.25. The first-order chi connectivity index (χ1) is 7.48. The van der Waals surface area contributed by atoms with Crippen LogP contribution in [0.2, 0.25) is 0 Å². The van der Waals surface area contributed by atoms with Gasteiger partial charge in [0, 0.05) is 18.4 Å². The van der Waals surface area contributed by atoms with Crippen LogP contribution in [0.3, 0.4) is 0 Å². The van der Waals surface area contributed by atoms with Crippen molar-refractivity contribution in [3.05, 3.63) is 17.7 Å². The SMILES string of the molecule is Cc1cnc(C)n1CC1CCS(=O)(=O)CC1. The number of aryl methyl sites for hydroxylation is 2. The molecule has 1 fully saturated rings. The Morgan fingerprint density at radius 1 is 1.38 bits per heavy atom. The lowest BCUT2D eigenvalue weighted by Crippen LogP contribution is -2.26. The van der Waals surface area contributed by atoms with Crippen molar-refractivity contribution in [1.29, 1.82) is 0 Å². The minimum atomic E-state index is -2.74. The molecule has 0 aliphatic carbocycles. The van der Waals surface area contributed by atoms with Gasteiger partial charge in [-0.15, -0.1) is 0 Å². The number of imidazole rings is 1. The van der Waals surface area contributed by atoms with Crippen LogP contribution in [0, 0.1) is 19.8 Å². The van der Waals surface area contributed by atoms with Gasteiger partial charge in [-0.25, -0.2) is 13.4 Å². The van der Waals surface area contributed by atoms with E-state index in [1.165, 1.54) is 0 Å². The highest BCUT2D eigenvalue weighted by Gasteiger charge is 2.24. The van der Waals surface area contributed by atoms with Gasteiger partial charge < -0.3 is 4.57 Å². The Morgan fingerprint density at radius 2 is 2.00 bits per heavy atom. The van der Waals surface area contributed by atoms with Gasteiger partial charge in [-0.3, -0.25) is 0 Å². The van der Waals surface area contributed by atoms with Gasteiger partial charge in [0.1, 0.15) is 15.7 Å². The molecule has 0 amide bonds. The van der Waals surface area contributed by atoms with Crippen molar-refractivity contribution in [3.8, 4) is 0 Å². The van der Waals surface area contributed by atoms with E-state index in [1.807, 2.05) is 20.0 Å². The van der Waals surface area contributed by atoms with Gasteiger partial charge >= 0.3 is 0 Å². The zero-order chi connectivity index (χ0) is 11.8. The zero-order valence-corrected chi connectivity index (χ0v) is 10.6. The summed E-state index contributed by atoms with van der Waals surface area (Å²) in [5.41, 5.74) is 1.16. The van der Waals surface area contributed by atoms with Gasteiger partial charge in [-0.05, 0) is 32.6 Å². The van der Waals surface area contributed by atoms with Gasteiger partial charge in [0.25, 0.3) is 0 Å². The minimum absolute atomic E-state index is 0.352. The Bertz CT molecular complexity index is 443. The van der Waals surface area contributed by atoms with Crippen LogP contribution in [0.15, 0.2) is 6.20 Å². The molecule has 1 aliphatic rings. The largest absolute Gasteiger partial charge is 0.332 e. The summed E-state index contributed by atoms with van der Waals surface area (Å²) in [5, 5.41) is 0. The molecule has 4 nitrogen and oxygen atoms in total. The average molecular weight is 242 g/mol. The molecule has 0 spiro atoms. The summed E-state index contributed by atoms with van der Waals surface area (Å²) in [6.45, 7) is 4.94. The second kappa shape index (κ2) is 4.20. The lowest BCUT2D eigenvalue weighted by Gasteiger charge is -2.23. The van der Waals surface area contributed by atoms with E-state index in [2.05, 4.69) is 9.55 Å². The molecule has 2 heterocycles. The Balaban J connectivity index is 2.02. The molecule has 0 saturated carbocycles. The molecule has 2 rings (SSSR count). The van der Waals surface area contributed by atoms with Crippen LogP contribution in [0.4, 0.5) is 0 Å². The van der Waals surface area contributed by atoms with Crippen LogP contribution >= 0.6 is 0 Å². The molecular formula is C11H18N2O2S. The van der Waals surface area contributed by atoms with Gasteiger partial charge in [0.15, 0.2) is 0 Å².